The highest BCUT2D eigenvalue weighted by molar-refractivity contribution is 5.87. The molecule has 0 aliphatic carbocycles. The molecule has 2 aromatic rings. The van der Waals surface area contributed by atoms with Gasteiger partial charge in [0, 0.05) is 29.1 Å². The highest BCUT2D eigenvalue weighted by atomic mass is 16.3. The lowest BCUT2D eigenvalue weighted by molar-refractivity contribution is 0.551. The number of hydrogen-bond donors (Lipinski definition) is 1. The highest BCUT2D eigenvalue weighted by Gasteiger charge is 2.21. The van der Waals surface area contributed by atoms with Gasteiger partial charge >= 0.3 is 0 Å². The Kier molecular flexibility index (Phi) is 3.73. The molecule has 2 rings (SSSR count). The molecule has 1 N–H and O–H groups in total. The van der Waals surface area contributed by atoms with Crippen molar-refractivity contribution < 1.29 is 4.42 Å². The van der Waals surface area contributed by atoms with Crippen LogP contribution in [-0.4, -0.2) is 6.04 Å². The molecule has 0 bridgehead atoms. The van der Waals surface area contributed by atoms with Gasteiger partial charge in [-0.2, -0.15) is 0 Å². The summed E-state index contributed by atoms with van der Waals surface area (Å²) in [6.45, 7) is 14.0. The van der Waals surface area contributed by atoms with Crippen LogP contribution in [0.25, 0.3) is 11.0 Å². The molecule has 0 saturated carbocycles. The molecule has 0 amide bonds. The lowest BCUT2D eigenvalue weighted by atomic mass is 9.85. The molecule has 1 heterocycles. The molecule has 1 aromatic carbocycles. The Morgan fingerprint density at radius 1 is 1.21 bits per heavy atom. The van der Waals surface area contributed by atoms with Gasteiger partial charge in [0.2, 0.25) is 0 Å². The average Bonchev–Trinajstić information content (AvgIpc) is 2.69. The summed E-state index contributed by atoms with van der Waals surface area (Å²) in [6.07, 6.45) is 1.91. The van der Waals surface area contributed by atoms with Crippen LogP contribution in [0.1, 0.15) is 51.3 Å². The normalized spacial score (nSPS) is 12.6. The predicted molar refractivity (Wildman–Crippen MR) is 81.6 cm³/mol. The Morgan fingerprint density at radius 2 is 1.89 bits per heavy atom. The predicted octanol–water partition coefficient (Wildman–Crippen LogP) is 4.54. The Hall–Kier alpha value is -1.28. The lowest BCUT2D eigenvalue weighted by Gasteiger charge is -2.19. The van der Waals surface area contributed by atoms with Crippen LogP contribution in [0.15, 0.2) is 22.8 Å². The number of nitrogens with one attached hydrogen (secondary N) is 1. The topological polar surface area (TPSA) is 25.2 Å². The van der Waals surface area contributed by atoms with Gasteiger partial charge in [-0.3, -0.25) is 0 Å². The van der Waals surface area contributed by atoms with Crippen LogP contribution in [-0.2, 0) is 12.0 Å². The second-order valence-electron chi connectivity index (χ2n) is 6.68. The van der Waals surface area contributed by atoms with Gasteiger partial charge in [0.25, 0.3) is 0 Å². The zero-order chi connectivity index (χ0) is 14.2. The van der Waals surface area contributed by atoms with Crippen LogP contribution >= 0.6 is 0 Å². The average molecular weight is 259 g/mol. The van der Waals surface area contributed by atoms with Gasteiger partial charge in [-0.1, -0.05) is 46.8 Å². The molecular weight excluding hydrogens is 234 g/mol. The van der Waals surface area contributed by atoms with Crippen LogP contribution in [0.2, 0.25) is 0 Å². The quantitative estimate of drug-likeness (QED) is 0.875. The van der Waals surface area contributed by atoms with Crippen molar-refractivity contribution in [3.63, 3.8) is 0 Å². The van der Waals surface area contributed by atoms with E-state index in [1.165, 1.54) is 22.1 Å². The summed E-state index contributed by atoms with van der Waals surface area (Å²) < 4.78 is 5.88. The van der Waals surface area contributed by atoms with E-state index >= 15 is 0 Å². The third kappa shape index (κ3) is 2.84. The first-order chi connectivity index (χ1) is 8.80. The molecule has 0 aliphatic heterocycles. The van der Waals surface area contributed by atoms with Gasteiger partial charge < -0.3 is 9.73 Å². The second kappa shape index (κ2) is 5.01. The van der Waals surface area contributed by atoms with Crippen LogP contribution in [0, 0.1) is 6.92 Å². The lowest BCUT2D eigenvalue weighted by Crippen LogP contribution is -2.21. The first-order valence-electron chi connectivity index (χ1n) is 7.04. The molecule has 0 fully saturated rings. The van der Waals surface area contributed by atoms with Gasteiger partial charge in [0.05, 0.1) is 6.26 Å². The second-order valence-corrected chi connectivity index (χ2v) is 6.68. The van der Waals surface area contributed by atoms with Crippen molar-refractivity contribution in [3.05, 3.63) is 35.1 Å². The van der Waals surface area contributed by atoms with Gasteiger partial charge in [0.1, 0.15) is 5.58 Å². The fourth-order valence-electron chi connectivity index (χ4n) is 2.43. The molecule has 0 saturated heterocycles. The van der Waals surface area contributed by atoms with Crippen LogP contribution in [0.3, 0.4) is 0 Å². The molecule has 0 atom stereocenters. The summed E-state index contributed by atoms with van der Waals surface area (Å²) in [6, 6.07) is 4.88. The third-order valence-corrected chi connectivity index (χ3v) is 3.51. The molecule has 0 unspecified atom stereocenters. The van der Waals surface area contributed by atoms with Crippen molar-refractivity contribution in [2.24, 2.45) is 0 Å². The Morgan fingerprint density at radius 3 is 2.47 bits per heavy atom. The zero-order valence-electron chi connectivity index (χ0n) is 12.9. The molecule has 1 aromatic heterocycles. The fourth-order valence-corrected chi connectivity index (χ4v) is 2.43. The number of rotatable bonds is 3. The Labute approximate surface area is 116 Å². The SMILES string of the molecule is Cc1ccc(C(C)(C)C)c2occ(CNC(C)C)c12. The minimum Gasteiger partial charge on any atom is -0.464 e. The maximum atomic E-state index is 5.88. The van der Waals surface area contributed by atoms with Gasteiger partial charge in [-0.05, 0) is 17.9 Å². The minimum absolute atomic E-state index is 0.104. The largest absolute Gasteiger partial charge is 0.464 e. The number of furan rings is 1. The van der Waals surface area contributed by atoms with Crippen LogP contribution in [0.4, 0.5) is 0 Å². The summed E-state index contributed by atoms with van der Waals surface area (Å²) in [5.41, 5.74) is 4.98. The third-order valence-electron chi connectivity index (χ3n) is 3.51. The van der Waals surface area contributed by atoms with Crippen LogP contribution in [0.5, 0.6) is 0 Å². The van der Waals surface area contributed by atoms with Gasteiger partial charge in [-0.25, -0.2) is 0 Å². The highest BCUT2D eigenvalue weighted by Crippen LogP contribution is 2.34. The number of aryl methyl sites for hydroxylation is 1. The monoisotopic (exact) mass is 259 g/mol. The standard InChI is InChI=1S/C17H25NO/c1-11(2)18-9-13-10-19-16-14(17(4,5)6)8-7-12(3)15(13)16/h7-8,10-11,18H,9H2,1-6H3. The molecule has 0 spiro atoms. The van der Waals surface area contributed by atoms with E-state index in [0.29, 0.717) is 6.04 Å². The molecule has 2 heteroatoms. The Bertz CT molecular complexity index is 573. The first-order valence-corrected chi connectivity index (χ1v) is 7.04. The van der Waals surface area contributed by atoms with Crippen molar-refractivity contribution in [1.29, 1.82) is 0 Å². The first kappa shape index (κ1) is 14.1. The van der Waals surface area contributed by atoms with Gasteiger partial charge in [-0.15, -0.1) is 0 Å². The Balaban J connectivity index is 2.53. The maximum absolute atomic E-state index is 5.88. The van der Waals surface area contributed by atoms with Crippen molar-refractivity contribution in [2.45, 2.75) is 59.5 Å². The van der Waals surface area contributed by atoms with Crippen molar-refractivity contribution in [2.75, 3.05) is 0 Å². The summed E-state index contributed by atoms with van der Waals surface area (Å²) >= 11 is 0. The fraction of sp³-hybridized carbons (Fsp3) is 0.529. The number of benzene rings is 1. The molecular formula is C17H25NO. The van der Waals surface area contributed by atoms with E-state index in [0.717, 1.165) is 12.1 Å². The van der Waals surface area contributed by atoms with E-state index in [1.54, 1.807) is 0 Å². The van der Waals surface area contributed by atoms with E-state index in [-0.39, 0.29) is 5.41 Å². The van der Waals surface area contributed by atoms with Crippen LogP contribution < -0.4 is 5.32 Å². The molecule has 2 nitrogen and oxygen atoms in total. The summed E-state index contributed by atoms with van der Waals surface area (Å²) in [5.74, 6) is 0. The van der Waals surface area contributed by atoms with Crippen molar-refractivity contribution in [3.8, 4) is 0 Å². The van der Waals surface area contributed by atoms with Gasteiger partial charge in [0.15, 0.2) is 0 Å². The maximum Gasteiger partial charge on any atom is 0.138 e. The van der Waals surface area contributed by atoms with E-state index in [4.69, 9.17) is 4.42 Å². The minimum atomic E-state index is 0.104. The molecule has 0 radical (unpaired) electrons. The van der Waals surface area contributed by atoms with Crippen molar-refractivity contribution in [1.82, 2.24) is 5.32 Å². The van der Waals surface area contributed by atoms with E-state index in [1.807, 2.05) is 6.26 Å². The molecule has 104 valence electrons. The summed E-state index contributed by atoms with van der Waals surface area (Å²) in [5, 5.41) is 4.74. The molecule has 0 aliphatic rings. The van der Waals surface area contributed by atoms with Crippen molar-refractivity contribution >= 4 is 11.0 Å². The molecule has 19 heavy (non-hydrogen) atoms. The number of hydrogen-bond acceptors (Lipinski definition) is 2. The zero-order valence-corrected chi connectivity index (χ0v) is 12.9. The summed E-state index contributed by atoms with van der Waals surface area (Å²) in [7, 11) is 0. The van der Waals surface area contributed by atoms with E-state index in [2.05, 4.69) is 59.0 Å². The van der Waals surface area contributed by atoms with E-state index in [9.17, 15) is 0 Å². The number of fused-ring (bicyclic) bond motifs is 1. The van der Waals surface area contributed by atoms with E-state index < -0.39 is 0 Å². The smallest absolute Gasteiger partial charge is 0.138 e. The summed E-state index contributed by atoms with van der Waals surface area (Å²) in [4.78, 5) is 0.